The van der Waals surface area contributed by atoms with Gasteiger partial charge in [0, 0.05) is 24.7 Å². The van der Waals surface area contributed by atoms with Gasteiger partial charge in [0.25, 0.3) is 11.6 Å². The van der Waals surface area contributed by atoms with E-state index < -0.39 is 4.92 Å². The first-order valence-electron chi connectivity index (χ1n) is 6.39. The number of nitrogens with two attached hydrogens (primary N) is 2. The normalized spacial score (nSPS) is 21.0. The Labute approximate surface area is 128 Å². The average molecular weight is 315 g/mol. The first-order valence-corrected chi connectivity index (χ1v) is 6.39. The minimum absolute atomic E-state index is 0. The maximum absolute atomic E-state index is 12.4. The van der Waals surface area contributed by atoms with Crippen LogP contribution in [0.3, 0.4) is 0 Å². The van der Waals surface area contributed by atoms with E-state index in [2.05, 4.69) is 0 Å². The number of likely N-dealkylation sites (tertiary alicyclic amines) is 1. The van der Waals surface area contributed by atoms with E-state index in [-0.39, 0.29) is 40.7 Å². The molecule has 1 atom stereocenters. The van der Waals surface area contributed by atoms with Gasteiger partial charge in [0.2, 0.25) is 0 Å². The van der Waals surface area contributed by atoms with Crippen LogP contribution in [0.15, 0.2) is 18.2 Å². The molecule has 1 aromatic rings. The fourth-order valence-electron chi connectivity index (χ4n) is 2.38. The second-order valence-electron chi connectivity index (χ2n) is 5.52. The van der Waals surface area contributed by atoms with Crippen molar-refractivity contribution in [3.63, 3.8) is 0 Å². The van der Waals surface area contributed by atoms with Gasteiger partial charge in [-0.2, -0.15) is 0 Å². The van der Waals surface area contributed by atoms with Crippen LogP contribution in [0.25, 0.3) is 0 Å². The lowest BCUT2D eigenvalue weighted by molar-refractivity contribution is -0.383. The number of halogens is 1. The molecule has 116 valence electrons. The number of rotatable bonds is 3. The van der Waals surface area contributed by atoms with E-state index in [9.17, 15) is 14.9 Å². The van der Waals surface area contributed by atoms with Crippen molar-refractivity contribution < 1.29 is 9.72 Å². The molecule has 0 spiro atoms. The molecule has 4 N–H and O–H groups in total. The SMILES string of the molecule is CC1(CN)CCN(C(=O)c2ccc(N)c([N+](=O)[O-])c2)C1.Cl. The Kier molecular flexibility index (Phi) is 5.14. The van der Waals surface area contributed by atoms with Crippen LogP contribution in [-0.2, 0) is 0 Å². The topological polar surface area (TPSA) is 115 Å². The van der Waals surface area contributed by atoms with Crippen LogP contribution in [0.5, 0.6) is 0 Å². The lowest BCUT2D eigenvalue weighted by atomic mass is 9.90. The third-order valence-corrected chi connectivity index (χ3v) is 3.81. The van der Waals surface area contributed by atoms with E-state index in [0.717, 1.165) is 6.42 Å². The van der Waals surface area contributed by atoms with Crippen LogP contribution in [0, 0.1) is 15.5 Å². The molecule has 7 nitrogen and oxygen atoms in total. The molecule has 1 aliphatic heterocycles. The van der Waals surface area contributed by atoms with E-state index in [0.29, 0.717) is 19.6 Å². The molecular weight excluding hydrogens is 296 g/mol. The molecule has 1 fully saturated rings. The lowest BCUT2D eigenvalue weighted by Gasteiger charge is -2.22. The molecule has 0 saturated carbocycles. The summed E-state index contributed by atoms with van der Waals surface area (Å²) in [4.78, 5) is 24.3. The van der Waals surface area contributed by atoms with Crippen molar-refractivity contribution in [2.24, 2.45) is 11.1 Å². The molecule has 1 heterocycles. The summed E-state index contributed by atoms with van der Waals surface area (Å²) in [5.41, 5.74) is 11.3. The summed E-state index contributed by atoms with van der Waals surface area (Å²) >= 11 is 0. The smallest absolute Gasteiger partial charge is 0.292 e. The fourth-order valence-corrected chi connectivity index (χ4v) is 2.38. The molecule has 1 aromatic carbocycles. The maximum Gasteiger partial charge on any atom is 0.292 e. The van der Waals surface area contributed by atoms with E-state index in [1.807, 2.05) is 6.92 Å². The molecule has 21 heavy (non-hydrogen) atoms. The van der Waals surface area contributed by atoms with E-state index >= 15 is 0 Å². The Hall–Kier alpha value is -1.86. The van der Waals surface area contributed by atoms with Gasteiger partial charge in [-0.1, -0.05) is 6.92 Å². The Morgan fingerprint density at radius 3 is 2.71 bits per heavy atom. The third-order valence-electron chi connectivity index (χ3n) is 3.81. The van der Waals surface area contributed by atoms with Crippen molar-refractivity contribution in [1.82, 2.24) is 4.90 Å². The molecule has 2 rings (SSSR count). The number of carbonyl (C=O) groups is 1. The van der Waals surface area contributed by atoms with Gasteiger partial charge >= 0.3 is 0 Å². The highest BCUT2D eigenvalue weighted by atomic mass is 35.5. The Morgan fingerprint density at radius 1 is 1.52 bits per heavy atom. The summed E-state index contributed by atoms with van der Waals surface area (Å²) in [6, 6.07) is 4.14. The molecule has 0 bridgehead atoms. The van der Waals surface area contributed by atoms with Crippen molar-refractivity contribution in [3.8, 4) is 0 Å². The number of hydrogen-bond acceptors (Lipinski definition) is 5. The van der Waals surface area contributed by atoms with Crippen molar-refractivity contribution in [3.05, 3.63) is 33.9 Å². The van der Waals surface area contributed by atoms with Crippen LogP contribution in [0.2, 0.25) is 0 Å². The minimum Gasteiger partial charge on any atom is -0.393 e. The molecular formula is C13H19ClN4O3. The van der Waals surface area contributed by atoms with Gasteiger partial charge in [-0.3, -0.25) is 14.9 Å². The third kappa shape index (κ3) is 3.43. The molecule has 1 aliphatic rings. The summed E-state index contributed by atoms with van der Waals surface area (Å²) in [5.74, 6) is -0.217. The van der Waals surface area contributed by atoms with E-state index in [1.165, 1.54) is 18.2 Å². The maximum atomic E-state index is 12.4. The molecule has 1 amide bonds. The summed E-state index contributed by atoms with van der Waals surface area (Å²) in [6.45, 7) is 3.73. The van der Waals surface area contributed by atoms with Gasteiger partial charge in [-0.15, -0.1) is 12.4 Å². The highest BCUT2D eigenvalue weighted by molar-refractivity contribution is 5.95. The second kappa shape index (κ2) is 6.28. The van der Waals surface area contributed by atoms with E-state index in [4.69, 9.17) is 11.5 Å². The predicted molar refractivity (Wildman–Crippen MR) is 82.4 cm³/mol. The molecule has 1 saturated heterocycles. The molecule has 1 unspecified atom stereocenters. The summed E-state index contributed by atoms with van der Waals surface area (Å²) in [5, 5.41) is 10.9. The number of anilines is 1. The largest absolute Gasteiger partial charge is 0.393 e. The van der Waals surface area contributed by atoms with Crippen LogP contribution < -0.4 is 11.5 Å². The van der Waals surface area contributed by atoms with Gasteiger partial charge in [0.15, 0.2) is 0 Å². The van der Waals surface area contributed by atoms with Gasteiger partial charge in [-0.25, -0.2) is 0 Å². The lowest BCUT2D eigenvalue weighted by Crippen LogP contribution is -2.34. The van der Waals surface area contributed by atoms with Crippen molar-refractivity contribution >= 4 is 29.7 Å². The zero-order valence-electron chi connectivity index (χ0n) is 11.7. The minimum atomic E-state index is -0.583. The first-order chi connectivity index (χ1) is 9.36. The molecule has 8 heteroatoms. The van der Waals surface area contributed by atoms with Crippen LogP contribution >= 0.6 is 12.4 Å². The molecule has 0 aromatic heterocycles. The fraction of sp³-hybridized carbons (Fsp3) is 0.462. The predicted octanol–water partition coefficient (Wildman–Crippen LogP) is 1.41. The Bertz CT molecular complexity index is 566. The number of carbonyl (C=O) groups excluding carboxylic acids is 1. The van der Waals surface area contributed by atoms with Crippen LogP contribution in [0.4, 0.5) is 11.4 Å². The number of nitro benzene ring substituents is 1. The second-order valence-corrected chi connectivity index (χ2v) is 5.52. The zero-order chi connectivity index (χ0) is 14.9. The highest BCUT2D eigenvalue weighted by Crippen LogP contribution is 2.30. The van der Waals surface area contributed by atoms with Gasteiger partial charge < -0.3 is 16.4 Å². The monoisotopic (exact) mass is 314 g/mol. The van der Waals surface area contributed by atoms with Crippen LogP contribution in [0.1, 0.15) is 23.7 Å². The number of amides is 1. The molecule has 0 radical (unpaired) electrons. The van der Waals surface area contributed by atoms with Crippen molar-refractivity contribution in [1.29, 1.82) is 0 Å². The number of hydrogen-bond donors (Lipinski definition) is 2. The summed E-state index contributed by atoms with van der Waals surface area (Å²) in [7, 11) is 0. The van der Waals surface area contributed by atoms with Gasteiger partial charge in [0.05, 0.1) is 4.92 Å². The van der Waals surface area contributed by atoms with Crippen LogP contribution in [-0.4, -0.2) is 35.4 Å². The number of nitro groups is 1. The number of benzene rings is 1. The highest BCUT2D eigenvalue weighted by Gasteiger charge is 2.35. The average Bonchev–Trinajstić information content (AvgIpc) is 2.81. The quantitative estimate of drug-likeness (QED) is 0.497. The van der Waals surface area contributed by atoms with Crippen molar-refractivity contribution in [2.45, 2.75) is 13.3 Å². The summed E-state index contributed by atoms with van der Waals surface area (Å²) < 4.78 is 0. The summed E-state index contributed by atoms with van der Waals surface area (Å²) in [6.07, 6.45) is 0.840. The zero-order valence-corrected chi connectivity index (χ0v) is 12.6. The van der Waals surface area contributed by atoms with E-state index in [1.54, 1.807) is 4.90 Å². The van der Waals surface area contributed by atoms with Gasteiger partial charge in [-0.05, 0) is 30.5 Å². The molecule has 0 aliphatic carbocycles. The number of nitrogen functional groups attached to an aromatic ring is 1. The Balaban J connectivity index is 0.00000220. The standard InChI is InChI=1S/C13H18N4O3.ClH/c1-13(7-14)4-5-16(8-13)12(18)9-2-3-10(15)11(6-9)17(19)20;/h2-3,6H,4-5,7-8,14-15H2,1H3;1H. The van der Waals surface area contributed by atoms with Gasteiger partial charge in [0.1, 0.15) is 5.69 Å². The van der Waals surface area contributed by atoms with Crippen molar-refractivity contribution in [2.75, 3.05) is 25.4 Å². The number of nitrogens with zero attached hydrogens (tertiary/aromatic N) is 2. The first kappa shape index (κ1) is 17.2. The Morgan fingerprint density at radius 2 is 2.19 bits per heavy atom.